The van der Waals surface area contributed by atoms with Gasteiger partial charge in [0.2, 0.25) is 0 Å². The summed E-state index contributed by atoms with van der Waals surface area (Å²) < 4.78 is 2.62. The van der Waals surface area contributed by atoms with Gasteiger partial charge >= 0.3 is 0 Å². The van der Waals surface area contributed by atoms with Crippen LogP contribution in [0.15, 0.2) is 12.7 Å². The zero-order valence-corrected chi connectivity index (χ0v) is 5.74. The molecule has 1 heterocycles. The average Bonchev–Trinajstić information content (AvgIpc) is 2.14. The van der Waals surface area contributed by atoms with Gasteiger partial charge in [0.25, 0.3) is 0 Å². The Bertz CT molecular complexity index is 125. The summed E-state index contributed by atoms with van der Waals surface area (Å²) in [5.74, 6) is 0. The molecule has 0 bridgehead atoms. The molecule has 7 heavy (non-hydrogen) atoms. The number of nitrogens with zero attached hydrogens (tertiary/aromatic N) is 3. The third kappa shape index (κ3) is 1.12. The Kier molecular flexibility index (Phi) is 1.61. The van der Waals surface area contributed by atoms with Crippen molar-refractivity contribution >= 4 is 22.6 Å². The van der Waals surface area contributed by atoms with Crippen molar-refractivity contribution in [2.75, 3.05) is 0 Å². The molecule has 4 heteroatoms. The summed E-state index contributed by atoms with van der Waals surface area (Å²) in [5.41, 5.74) is 0. The van der Waals surface area contributed by atoms with Crippen LogP contribution in [0.5, 0.6) is 0 Å². The molecule has 0 saturated heterocycles. The molecular formula is C3H4IN3. The van der Waals surface area contributed by atoms with Crippen LogP contribution in [-0.2, 0) is 4.55 Å². The van der Waals surface area contributed by atoms with Gasteiger partial charge in [0.05, 0.1) is 4.55 Å². The normalized spacial score (nSPS) is 9.29. The summed E-state index contributed by atoms with van der Waals surface area (Å²) in [4.78, 5) is 3.74. The highest BCUT2D eigenvalue weighted by Gasteiger charge is 1.79. The van der Waals surface area contributed by atoms with Crippen molar-refractivity contribution in [2.45, 2.75) is 4.55 Å². The lowest BCUT2D eigenvalue weighted by atomic mass is 11.2. The first-order valence-electron chi connectivity index (χ1n) is 1.82. The minimum absolute atomic E-state index is 0.873. The predicted octanol–water partition coefficient (Wildman–Crippen LogP) is 0.671. The van der Waals surface area contributed by atoms with E-state index in [1.165, 1.54) is 6.33 Å². The van der Waals surface area contributed by atoms with Crippen molar-refractivity contribution in [1.29, 1.82) is 0 Å². The molecule has 0 aliphatic heterocycles. The molecule has 0 aliphatic rings. The summed E-state index contributed by atoms with van der Waals surface area (Å²) in [6.07, 6.45) is 3.21. The highest BCUT2D eigenvalue weighted by Crippen LogP contribution is 1.85. The predicted molar refractivity (Wildman–Crippen MR) is 34.0 cm³/mol. The summed E-state index contributed by atoms with van der Waals surface area (Å²) in [5, 5.41) is 3.83. The van der Waals surface area contributed by atoms with Crippen LogP contribution in [0.2, 0.25) is 0 Å². The highest BCUT2D eigenvalue weighted by atomic mass is 127. The number of rotatable bonds is 1. The minimum atomic E-state index is 0.873. The van der Waals surface area contributed by atoms with Crippen LogP contribution in [0.4, 0.5) is 0 Å². The Hall–Kier alpha value is -0.130. The van der Waals surface area contributed by atoms with E-state index >= 15 is 0 Å². The van der Waals surface area contributed by atoms with E-state index in [1.54, 1.807) is 11.0 Å². The summed E-state index contributed by atoms with van der Waals surface area (Å²) in [7, 11) is 0. The van der Waals surface area contributed by atoms with Crippen molar-refractivity contribution in [3.05, 3.63) is 12.7 Å². The summed E-state index contributed by atoms with van der Waals surface area (Å²) >= 11 is 2.21. The molecule has 0 aromatic carbocycles. The first kappa shape index (κ1) is 5.02. The largest absolute Gasteiger partial charge is 0.243 e. The second-order valence-corrected chi connectivity index (χ2v) is 1.74. The first-order chi connectivity index (χ1) is 3.43. The number of hydrogen-bond donors (Lipinski definition) is 0. The molecule has 0 atom stereocenters. The fourth-order valence-electron chi connectivity index (χ4n) is 0.294. The van der Waals surface area contributed by atoms with Crippen LogP contribution in [0.1, 0.15) is 0 Å². The number of halogens is 1. The minimum Gasteiger partial charge on any atom is -0.243 e. The monoisotopic (exact) mass is 209 g/mol. The molecule has 0 unspecified atom stereocenters. The topological polar surface area (TPSA) is 30.7 Å². The number of alkyl halides is 1. The van der Waals surface area contributed by atoms with Gasteiger partial charge in [-0.1, -0.05) is 22.6 Å². The van der Waals surface area contributed by atoms with Crippen LogP contribution < -0.4 is 0 Å². The highest BCUT2D eigenvalue weighted by molar-refractivity contribution is 14.1. The molecule has 38 valence electrons. The van der Waals surface area contributed by atoms with E-state index in [0.29, 0.717) is 0 Å². The third-order valence-electron chi connectivity index (χ3n) is 0.589. The van der Waals surface area contributed by atoms with E-state index in [9.17, 15) is 0 Å². The smallest absolute Gasteiger partial charge is 0.137 e. The van der Waals surface area contributed by atoms with E-state index in [4.69, 9.17) is 0 Å². The van der Waals surface area contributed by atoms with Crippen molar-refractivity contribution in [2.24, 2.45) is 0 Å². The number of hydrogen-bond acceptors (Lipinski definition) is 2. The van der Waals surface area contributed by atoms with E-state index in [-0.39, 0.29) is 0 Å². The van der Waals surface area contributed by atoms with Crippen LogP contribution >= 0.6 is 22.6 Å². The van der Waals surface area contributed by atoms with Crippen LogP contribution in [0.25, 0.3) is 0 Å². The Morgan fingerprint density at radius 1 is 1.71 bits per heavy atom. The van der Waals surface area contributed by atoms with Crippen molar-refractivity contribution in [3.8, 4) is 0 Å². The zero-order chi connectivity index (χ0) is 5.11. The van der Waals surface area contributed by atoms with E-state index in [2.05, 4.69) is 32.7 Å². The molecule has 1 rings (SSSR count). The van der Waals surface area contributed by atoms with Gasteiger partial charge < -0.3 is 0 Å². The number of aromatic nitrogens is 3. The van der Waals surface area contributed by atoms with Gasteiger partial charge in [0, 0.05) is 0 Å². The zero-order valence-electron chi connectivity index (χ0n) is 3.58. The van der Waals surface area contributed by atoms with Crippen molar-refractivity contribution in [1.82, 2.24) is 14.8 Å². The van der Waals surface area contributed by atoms with Gasteiger partial charge in [-0.05, 0) is 0 Å². The van der Waals surface area contributed by atoms with Crippen LogP contribution in [0, 0.1) is 0 Å². The molecule has 0 amide bonds. The molecule has 1 aromatic rings. The van der Waals surface area contributed by atoms with Crippen molar-refractivity contribution in [3.63, 3.8) is 0 Å². The van der Waals surface area contributed by atoms with Gasteiger partial charge in [-0.3, -0.25) is 0 Å². The summed E-state index contributed by atoms with van der Waals surface area (Å²) in [6.45, 7) is 0. The average molecular weight is 209 g/mol. The van der Waals surface area contributed by atoms with Gasteiger partial charge in [-0.25, -0.2) is 9.67 Å². The molecule has 1 aromatic heterocycles. The molecule has 3 nitrogen and oxygen atoms in total. The maximum atomic E-state index is 3.83. The lowest BCUT2D eigenvalue weighted by Gasteiger charge is -1.84. The second kappa shape index (κ2) is 2.25. The molecule has 0 radical (unpaired) electrons. The lowest BCUT2D eigenvalue weighted by molar-refractivity contribution is 0.766. The molecule has 0 fully saturated rings. The van der Waals surface area contributed by atoms with Gasteiger partial charge in [-0.15, -0.1) is 0 Å². The molecule has 0 N–H and O–H groups in total. The van der Waals surface area contributed by atoms with Gasteiger partial charge in [-0.2, -0.15) is 5.10 Å². The van der Waals surface area contributed by atoms with Crippen LogP contribution in [0.3, 0.4) is 0 Å². The fourth-order valence-corrected chi connectivity index (χ4v) is 0.647. The van der Waals surface area contributed by atoms with E-state index in [1.807, 2.05) is 0 Å². The summed E-state index contributed by atoms with van der Waals surface area (Å²) in [6, 6.07) is 0. The maximum Gasteiger partial charge on any atom is 0.137 e. The van der Waals surface area contributed by atoms with Gasteiger partial charge in [0.15, 0.2) is 0 Å². The molecular weight excluding hydrogens is 205 g/mol. The Balaban J connectivity index is 2.76. The van der Waals surface area contributed by atoms with Crippen molar-refractivity contribution < 1.29 is 0 Å². The third-order valence-corrected chi connectivity index (χ3v) is 1.29. The van der Waals surface area contributed by atoms with E-state index < -0.39 is 0 Å². The SMILES string of the molecule is ICn1cncn1. The Morgan fingerprint density at radius 2 is 2.57 bits per heavy atom. The lowest BCUT2D eigenvalue weighted by Crippen LogP contribution is -1.88. The molecule has 0 aliphatic carbocycles. The van der Waals surface area contributed by atoms with Crippen LogP contribution in [-0.4, -0.2) is 14.8 Å². The Morgan fingerprint density at radius 3 is 2.86 bits per heavy atom. The van der Waals surface area contributed by atoms with E-state index in [0.717, 1.165) is 4.55 Å². The second-order valence-electron chi connectivity index (χ2n) is 1.05. The molecule has 0 saturated carbocycles. The first-order valence-corrected chi connectivity index (χ1v) is 3.34. The standard InChI is InChI=1S/C3H4IN3/c4-1-7-3-5-2-6-7/h2-3H,1H2. The Labute approximate surface area is 54.9 Å². The fraction of sp³-hybridized carbons (Fsp3) is 0.333. The van der Waals surface area contributed by atoms with Gasteiger partial charge in [0.1, 0.15) is 12.7 Å². The molecule has 0 spiro atoms. The maximum absolute atomic E-state index is 3.83. The quantitative estimate of drug-likeness (QED) is 0.502.